The van der Waals surface area contributed by atoms with E-state index in [1.807, 2.05) is 0 Å². The van der Waals surface area contributed by atoms with Gasteiger partial charge in [0.15, 0.2) is 11.9 Å². The molecule has 4 bridgehead atoms. The van der Waals surface area contributed by atoms with Crippen LogP contribution in [0.1, 0.15) is 76.1 Å². The van der Waals surface area contributed by atoms with Gasteiger partial charge in [-0.2, -0.15) is 0 Å². The summed E-state index contributed by atoms with van der Waals surface area (Å²) in [6.45, 7) is 10.3. The molecule has 5 fully saturated rings. The van der Waals surface area contributed by atoms with E-state index >= 15 is 0 Å². The third-order valence-electron chi connectivity index (χ3n) is 9.67. The van der Waals surface area contributed by atoms with Gasteiger partial charge in [-0.3, -0.25) is 14.4 Å². The Kier molecular flexibility index (Phi) is 10.7. The minimum atomic E-state index is -2.75. The number of rotatable bonds is 10. The molecule has 9 atom stereocenters. The van der Waals surface area contributed by atoms with Gasteiger partial charge in [0.2, 0.25) is 11.7 Å². The minimum Gasteiger partial charge on any atom is -0.458 e. The fourth-order valence-electron chi connectivity index (χ4n) is 7.92. The molecule has 1 N–H and O–H groups in total. The lowest BCUT2D eigenvalue weighted by atomic mass is 9.54. The van der Waals surface area contributed by atoms with Crippen molar-refractivity contribution in [2.45, 2.75) is 114 Å². The molecule has 1 amide bonds. The van der Waals surface area contributed by atoms with Crippen molar-refractivity contribution in [2.75, 3.05) is 13.2 Å². The molecule has 2 aromatic carbocycles. The maximum absolute atomic E-state index is 14.1. The van der Waals surface area contributed by atoms with Gasteiger partial charge in [0.25, 0.3) is 0 Å². The predicted molar refractivity (Wildman–Crippen MR) is 187 cm³/mol. The van der Waals surface area contributed by atoms with E-state index in [0.29, 0.717) is 0 Å². The van der Waals surface area contributed by atoms with E-state index < -0.39 is 107 Å². The van der Waals surface area contributed by atoms with Gasteiger partial charge in [-0.1, -0.05) is 36.4 Å². The zero-order valence-corrected chi connectivity index (χ0v) is 32.2. The van der Waals surface area contributed by atoms with E-state index in [0.717, 1.165) is 20.8 Å². The van der Waals surface area contributed by atoms with E-state index in [9.17, 15) is 28.8 Å². The molecular formula is C39H45NO16. The smallest absolute Gasteiger partial charge is 0.408 e. The summed E-state index contributed by atoms with van der Waals surface area (Å²) in [5.74, 6) is -10.1. The summed E-state index contributed by atoms with van der Waals surface area (Å²) in [5.41, 5.74) is -5.41. The Morgan fingerprint density at radius 1 is 0.750 bits per heavy atom. The van der Waals surface area contributed by atoms with Gasteiger partial charge >= 0.3 is 41.9 Å². The quantitative estimate of drug-likeness (QED) is 0.271. The van der Waals surface area contributed by atoms with Crippen molar-refractivity contribution in [1.82, 2.24) is 5.32 Å². The lowest BCUT2D eigenvalue weighted by Crippen LogP contribution is -2.96. The molecule has 1 aliphatic carbocycles. The van der Waals surface area contributed by atoms with Gasteiger partial charge in [-0.15, -0.1) is 0 Å². The molecule has 0 radical (unpaired) electrons. The summed E-state index contributed by atoms with van der Waals surface area (Å²) in [7, 11) is 0. The van der Waals surface area contributed by atoms with Crippen LogP contribution in [-0.4, -0.2) is 108 Å². The van der Waals surface area contributed by atoms with Crippen LogP contribution in [0.5, 0.6) is 0 Å². The summed E-state index contributed by atoms with van der Waals surface area (Å²) in [6, 6.07) is 15.6. The number of hydrogen-bond acceptors (Lipinski definition) is 16. The lowest BCUT2D eigenvalue weighted by molar-refractivity contribution is -0.542. The largest absolute Gasteiger partial charge is 0.458 e. The van der Waals surface area contributed by atoms with Crippen LogP contribution in [-0.2, 0) is 61.8 Å². The highest BCUT2D eigenvalue weighted by Gasteiger charge is 2.88. The van der Waals surface area contributed by atoms with Gasteiger partial charge in [-0.25, -0.2) is 14.4 Å². The van der Waals surface area contributed by atoms with E-state index in [2.05, 4.69) is 5.32 Å². The second-order valence-corrected chi connectivity index (χ2v) is 15.4. The Labute approximate surface area is 322 Å². The summed E-state index contributed by atoms with van der Waals surface area (Å²) in [5, 5.41) is 2.82. The molecule has 17 heteroatoms. The van der Waals surface area contributed by atoms with Gasteiger partial charge in [0.1, 0.15) is 30.0 Å². The molecule has 2 aromatic rings. The zero-order chi connectivity index (χ0) is 40.8. The fraction of sp³-hybridized carbons (Fsp3) is 0.538. The van der Waals surface area contributed by atoms with Gasteiger partial charge < -0.3 is 52.7 Å². The number of alkyl carbamates (subject to hydrolysis) is 1. The standard InChI is InChI=1S/C39H45NO16/c1-21(41)49-30-29-37(51-23(3)43,20-47-31(44)24-15-11-9-12-16-24)28-27(26-19-48-36(7,8)52-26)38(30,40-34(46)56-35(4,5)6)33(50-22(2)42)39(53-28,54-29)55-32(45)25-17-13-10-14-18-25/h9-18,26-30,33H,19-20H2,1-8H3,(H,40,46)/t26-,27+,28-,29+,30-,33+,37+,38-,39+/m1/s1. The highest BCUT2D eigenvalue weighted by atomic mass is 16.9. The number of carbonyl (C=O) groups is 6. The summed E-state index contributed by atoms with van der Waals surface area (Å²) in [4.78, 5) is 81.1. The van der Waals surface area contributed by atoms with Crippen LogP contribution in [0, 0.1) is 5.92 Å². The summed E-state index contributed by atoms with van der Waals surface area (Å²) in [6.07, 6.45) is -9.43. The molecule has 17 nitrogen and oxygen atoms in total. The number of nitrogens with one attached hydrogen (secondary N) is 1. The summed E-state index contributed by atoms with van der Waals surface area (Å²) >= 11 is 0. The maximum Gasteiger partial charge on any atom is 0.408 e. The molecule has 7 rings (SSSR count). The number of benzene rings is 2. The monoisotopic (exact) mass is 783 g/mol. The van der Waals surface area contributed by atoms with Crippen molar-refractivity contribution >= 4 is 35.9 Å². The first-order chi connectivity index (χ1) is 26.2. The van der Waals surface area contributed by atoms with Crippen molar-refractivity contribution in [1.29, 1.82) is 0 Å². The zero-order valence-electron chi connectivity index (χ0n) is 32.2. The third kappa shape index (κ3) is 7.55. The first-order valence-electron chi connectivity index (χ1n) is 17.9. The van der Waals surface area contributed by atoms with Crippen LogP contribution in [0.25, 0.3) is 0 Å². The molecule has 302 valence electrons. The first kappa shape index (κ1) is 40.6. The highest BCUT2D eigenvalue weighted by molar-refractivity contribution is 5.90. The number of ether oxygens (including phenoxy) is 10. The van der Waals surface area contributed by atoms with Crippen molar-refractivity contribution in [3.8, 4) is 0 Å². The van der Waals surface area contributed by atoms with Gasteiger partial charge in [-0.05, 0) is 58.9 Å². The van der Waals surface area contributed by atoms with Crippen LogP contribution < -0.4 is 5.32 Å². The Hall–Kier alpha value is -5.10. The third-order valence-corrected chi connectivity index (χ3v) is 9.67. The van der Waals surface area contributed by atoms with Crippen LogP contribution in [0.15, 0.2) is 60.7 Å². The van der Waals surface area contributed by atoms with E-state index in [1.54, 1.807) is 71.0 Å². The average molecular weight is 784 g/mol. The predicted octanol–water partition coefficient (Wildman–Crippen LogP) is 3.36. The van der Waals surface area contributed by atoms with Crippen molar-refractivity contribution in [3.63, 3.8) is 0 Å². The Morgan fingerprint density at radius 2 is 1.32 bits per heavy atom. The van der Waals surface area contributed by atoms with Gasteiger partial charge in [0, 0.05) is 26.7 Å². The van der Waals surface area contributed by atoms with Crippen LogP contribution in [0.3, 0.4) is 0 Å². The van der Waals surface area contributed by atoms with E-state index in [1.165, 1.54) is 24.3 Å². The topological polar surface area (TPSA) is 207 Å². The number of amides is 1. The molecule has 1 saturated carbocycles. The number of hydrogen-bond donors (Lipinski definition) is 1. The second-order valence-electron chi connectivity index (χ2n) is 15.4. The minimum absolute atomic E-state index is 0.0246. The van der Waals surface area contributed by atoms with Gasteiger partial charge in [0.05, 0.1) is 23.8 Å². The number of carbonyl (C=O) groups excluding carboxylic acids is 6. The molecule has 4 saturated heterocycles. The van der Waals surface area contributed by atoms with E-state index in [-0.39, 0.29) is 17.7 Å². The molecule has 4 aliphatic heterocycles. The molecule has 0 spiro atoms. The molecule has 4 heterocycles. The van der Waals surface area contributed by atoms with E-state index in [4.69, 9.17) is 47.4 Å². The maximum atomic E-state index is 14.1. The molecular weight excluding hydrogens is 738 g/mol. The van der Waals surface area contributed by atoms with Crippen molar-refractivity contribution < 1.29 is 76.1 Å². The number of esters is 5. The molecule has 0 unspecified atom stereocenters. The first-order valence-corrected chi connectivity index (χ1v) is 17.9. The van der Waals surface area contributed by atoms with Crippen LogP contribution >= 0.6 is 0 Å². The van der Waals surface area contributed by atoms with Crippen LogP contribution in [0.2, 0.25) is 0 Å². The fourth-order valence-corrected chi connectivity index (χ4v) is 7.92. The molecule has 56 heavy (non-hydrogen) atoms. The second kappa shape index (κ2) is 14.8. The van der Waals surface area contributed by atoms with Crippen LogP contribution in [0.4, 0.5) is 4.79 Å². The summed E-state index contributed by atoms with van der Waals surface area (Å²) < 4.78 is 61.2. The highest BCUT2D eigenvalue weighted by Crippen LogP contribution is 2.63. The lowest BCUT2D eigenvalue weighted by Gasteiger charge is -2.71. The Bertz CT molecular complexity index is 1860. The molecule has 5 aliphatic rings. The van der Waals surface area contributed by atoms with Crippen molar-refractivity contribution in [2.24, 2.45) is 5.92 Å². The Balaban J connectivity index is 1.63. The van der Waals surface area contributed by atoms with Crippen molar-refractivity contribution in [3.05, 3.63) is 71.8 Å². The Morgan fingerprint density at radius 3 is 1.84 bits per heavy atom. The molecule has 0 aromatic heterocycles. The SMILES string of the molecule is CC(=O)O[C@@H]1[C@@H]2O[C@@]3(OC(=O)c4ccccc4)O[C@H]([C@H]([C@H]4COC(C)(C)O4)[C@]1(NC(=O)OC(C)(C)C)[C@@H]3OC(C)=O)[C@]2(COC(=O)c1ccccc1)OC(C)=O. The average Bonchev–Trinajstić information content (AvgIpc) is 3.46. The normalized spacial score (nSPS) is 32.4.